The second-order valence-corrected chi connectivity index (χ2v) is 7.08. The quantitative estimate of drug-likeness (QED) is 0.882. The van der Waals surface area contributed by atoms with Crippen molar-refractivity contribution in [3.63, 3.8) is 0 Å². The maximum Gasteiger partial charge on any atom is 0.317 e. The van der Waals surface area contributed by atoms with Crippen molar-refractivity contribution in [3.8, 4) is 5.75 Å². The number of carbonyl (C=O) groups is 1. The molecule has 0 saturated carbocycles. The zero-order valence-electron chi connectivity index (χ0n) is 15.8. The highest BCUT2D eigenvalue weighted by molar-refractivity contribution is 5.85. The molecule has 1 aliphatic rings. The molecular weight excluding hydrogens is 328 g/mol. The van der Waals surface area contributed by atoms with Gasteiger partial charge in [0.05, 0.1) is 13.2 Å². The number of hydrogen-bond acceptors (Lipinski definition) is 3. The molecule has 1 fully saturated rings. The van der Waals surface area contributed by atoms with Gasteiger partial charge in [0, 0.05) is 26.8 Å². The van der Waals surface area contributed by atoms with Crippen LogP contribution in [0.5, 0.6) is 5.75 Å². The lowest BCUT2D eigenvalue weighted by Gasteiger charge is -2.28. The van der Waals surface area contributed by atoms with E-state index in [0.717, 1.165) is 54.7 Å². The summed E-state index contributed by atoms with van der Waals surface area (Å²) in [6.45, 7) is 4.40. The molecule has 0 radical (unpaired) electrons. The van der Waals surface area contributed by atoms with E-state index in [9.17, 15) is 4.79 Å². The van der Waals surface area contributed by atoms with Crippen LogP contribution < -0.4 is 10.1 Å². The SMILES string of the molecule is COc1ccc2cc(C(C)NC(=O)N(C)CC3CCOCC3)ccc2c1. The Bertz CT molecular complexity index is 756. The van der Waals surface area contributed by atoms with Crippen LogP contribution in [0.15, 0.2) is 36.4 Å². The molecule has 2 amide bonds. The lowest BCUT2D eigenvalue weighted by Crippen LogP contribution is -2.41. The summed E-state index contributed by atoms with van der Waals surface area (Å²) in [4.78, 5) is 14.3. The van der Waals surface area contributed by atoms with Crippen molar-refractivity contribution in [2.24, 2.45) is 5.92 Å². The van der Waals surface area contributed by atoms with Crippen molar-refractivity contribution < 1.29 is 14.3 Å². The summed E-state index contributed by atoms with van der Waals surface area (Å²) in [5, 5.41) is 5.37. The van der Waals surface area contributed by atoms with E-state index in [-0.39, 0.29) is 12.1 Å². The number of nitrogens with zero attached hydrogens (tertiary/aromatic N) is 1. The first kappa shape index (κ1) is 18.5. The number of ether oxygens (including phenoxy) is 2. The summed E-state index contributed by atoms with van der Waals surface area (Å²) in [6.07, 6.45) is 2.06. The number of methoxy groups -OCH3 is 1. The second-order valence-electron chi connectivity index (χ2n) is 7.08. The second kappa shape index (κ2) is 8.41. The number of urea groups is 1. The van der Waals surface area contributed by atoms with Gasteiger partial charge in [-0.25, -0.2) is 4.79 Å². The summed E-state index contributed by atoms with van der Waals surface area (Å²) in [7, 11) is 3.54. The molecule has 1 N–H and O–H groups in total. The Labute approximate surface area is 155 Å². The van der Waals surface area contributed by atoms with Gasteiger partial charge < -0.3 is 19.7 Å². The molecule has 2 aromatic rings. The normalized spacial score (nSPS) is 16.3. The van der Waals surface area contributed by atoms with E-state index in [1.165, 1.54) is 0 Å². The molecule has 140 valence electrons. The van der Waals surface area contributed by atoms with Gasteiger partial charge in [-0.15, -0.1) is 0 Å². The third kappa shape index (κ3) is 4.47. The molecule has 1 unspecified atom stereocenters. The first-order valence-corrected chi connectivity index (χ1v) is 9.24. The van der Waals surface area contributed by atoms with Gasteiger partial charge in [0.1, 0.15) is 5.75 Å². The minimum Gasteiger partial charge on any atom is -0.497 e. The summed E-state index contributed by atoms with van der Waals surface area (Å²) in [5.41, 5.74) is 1.09. The first-order chi connectivity index (χ1) is 12.6. The van der Waals surface area contributed by atoms with E-state index >= 15 is 0 Å². The van der Waals surface area contributed by atoms with Gasteiger partial charge in [-0.1, -0.05) is 18.2 Å². The number of benzene rings is 2. The van der Waals surface area contributed by atoms with Gasteiger partial charge in [0.25, 0.3) is 0 Å². The Balaban J connectivity index is 1.62. The maximum absolute atomic E-state index is 12.5. The monoisotopic (exact) mass is 356 g/mol. The van der Waals surface area contributed by atoms with Crippen LogP contribution in [0.3, 0.4) is 0 Å². The zero-order valence-corrected chi connectivity index (χ0v) is 15.8. The predicted octanol–water partition coefficient (Wildman–Crippen LogP) is 3.98. The van der Waals surface area contributed by atoms with E-state index in [0.29, 0.717) is 5.92 Å². The molecule has 1 heterocycles. The average Bonchev–Trinajstić information content (AvgIpc) is 2.67. The van der Waals surface area contributed by atoms with Crippen molar-refractivity contribution in [2.45, 2.75) is 25.8 Å². The van der Waals surface area contributed by atoms with Crippen molar-refractivity contribution >= 4 is 16.8 Å². The third-order valence-electron chi connectivity index (χ3n) is 5.13. The largest absolute Gasteiger partial charge is 0.497 e. The Hall–Kier alpha value is -2.27. The van der Waals surface area contributed by atoms with Crippen LogP contribution in [0.25, 0.3) is 10.8 Å². The van der Waals surface area contributed by atoms with E-state index in [1.54, 1.807) is 12.0 Å². The van der Waals surface area contributed by atoms with Crippen LogP contribution in [0.4, 0.5) is 4.79 Å². The van der Waals surface area contributed by atoms with Gasteiger partial charge in [-0.05, 0) is 60.2 Å². The molecule has 26 heavy (non-hydrogen) atoms. The smallest absolute Gasteiger partial charge is 0.317 e. The summed E-state index contributed by atoms with van der Waals surface area (Å²) in [5.74, 6) is 1.38. The molecular formula is C21H28N2O3. The number of nitrogens with one attached hydrogen (secondary N) is 1. The molecule has 3 rings (SSSR count). The molecule has 2 aromatic carbocycles. The Morgan fingerprint density at radius 2 is 1.92 bits per heavy atom. The van der Waals surface area contributed by atoms with E-state index in [4.69, 9.17) is 9.47 Å². The van der Waals surface area contributed by atoms with Gasteiger partial charge in [-0.2, -0.15) is 0 Å². The third-order valence-corrected chi connectivity index (χ3v) is 5.13. The van der Waals surface area contributed by atoms with Gasteiger partial charge in [-0.3, -0.25) is 0 Å². The summed E-state index contributed by atoms with van der Waals surface area (Å²) < 4.78 is 10.7. The standard InChI is InChI=1S/C21H28N2O3/c1-15(22-21(24)23(2)14-16-8-10-26-11-9-16)17-4-5-19-13-20(25-3)7-6-18(19)12-17/h4-7,12-13,15-16H,8-11,14H2,1-3H3,(H,22,24). The minimum atomic E-state index is -0.0499. The van der Waals surface area contributed by atoms with Crippen LogP contribution >= 0.6 is 0 Å². The molecule has 0 aromatic heterocycles. The molecule has 5 heteroatoms. The highest BCUT2D eigenvalue weighted by Crippen LogP contribution is 2.24. The van der Waals surface area contributed by atoms with Gasteiger partial charge >= 0.3 is 6.03 Å². The lowest BCUT2D eigenvalue weighted by atomic mass is 10.00. The maximum atomic E-state index is 12.5. The van der Waals surface area contributed by atoms with Crippen molar-refractivity contribution in [1.82, 2.24) is 10.2 Å². The van der Waals surface area contributed by atoms with Crippen molar-refractivity contribution in [1.29, 1.82) is 0 Å². The molecule has 1 saturated heterocycles. The van der Waals surface area contributed by atoms with E-state index in [1.807, 2.05) is 32.2 Å². The molecule has 5 nitrogen and oxygen atoms in total. The van der Waals surface area contributed by atoms with Crippen molar-refractivity contribution in [2.75, 3.05) is 33.9 Å². The van der Waals surface area contributed by atoms with Crippen LogP contribution in [-0.2, 0) is 4.74 Å². The lowest BCUT2D eigenvalue weighted by molar-refractivity contribution is 0.0585. The number of rotatable bonds is 5. The Morgan fingerprint density at radius 1 is 1.23 bits per heavy atom. The van der Waals surface area contributed by atoms with Crippen LogP contribution in [0, 0.1) is 5.92 Å². The summed E-state index contributed by atoms with van der Waals surface area (Å²) in [6, 6.07) is 12.2. The fraction of sp³-hybridized carbons (Fsp3) is 0.476. The highest BCUT2D eigenvalue weighted by Gasteiger charge is 2.20. The topological polar surface area (TPSA) is 50.8 Å². The first-order valence-electron chi connectivity index (χ1n) is 9.24. The number of carbonyl (C=O) groups excluding carboxylic acids is 1. The molecule has 0 aliphatic carbocycles. The minimum absolute atomic E-state index is 0.0289. The van der Waals surface area contributed by atoms with Crippen LogP contribution in [0.2, 0.25) is 0 Å². The van der Waals surface area contributed by atoms with E-state index < -0.39 is 0 Å². The molecule has 1 aliphatic heterocycles. The Morgan fingerprint density at radius 3 is 2.65 bits per heavy atom. The molecule has 1 atom stereocenters. The number of amides is 2. The van der Waals surface area contributed by atoms with Crippen LogP contribution in [-0.4, -0.2) is 44.8 Å². The summed E-state index contributed by atoms with van der Waals surface area (Å²) >= 11 is 0. The van der Waals surface area contributed by atoms with E-state index in [2.05, 4.69) is 23.5 Å². The average molecular weight is 356 g/mol. The number of fused-ring (bicyclic) bond motifs is 1. The number of hydrogen-bond donors (Lipinski definition) is 1. The fourth-order valence-electron chi connectivity index (χ4n) is 3.42. The molecule has 0 bridgehead atoms. The Kier molecular flexibility index (Phi) is 5.99. The predicted molar refractivity (Wildman–Crippen MR) is 104 cm³/mol. The van der Waals surface area contributed by atoms with Gasteiger partial charge in [0.15, 0.2) is 0 Å². The zero-order chi connectivity index (χ0) is 18.5. The van der Waals surface area contributed by atoms with Crippen LogP contribution in [0.1, 0.15) is 31.4 Å². The van der Waals surface area contributed by atoms with Crippen molar-refractivity contribution in [3.05, 3.63) is 42.0 Å². The van der Waals surface area contributed by atoms with Gasteiger partial charge in [0.2, 0.25) is 0 Å². The highest BCUT2D eigenvalue weighted by atomic mass is 16.5. The fourth-order valence-corrected chi connectivity index (χ4v) is 3.42. The molecule has 0 spiro atoms.